The van der Waals surface area contributed by atoms with Crippen LogP contribution in [0.3, 0.4) is 0 Å². The summed E-state index contributed by atoms with van der Waals surface area (Å²) >= 11 is 1.59. The summed E-state index contributed by atoms with van der Waals surface area (Å²) < 4.78 is 3.09. The normalized spacial score (nSPS) is 11.5. The SMILES string of the molecule is Cc1cc(C)n(CCN(C(=O)Cc2ccc(C)c(C)c2)c2nc3c(C(C)C)cccc3s2)n1. The highest BCUT2D eigenvalue weighted by Crippen LogP contribution is 2.34. The van der Waals surface area contributed by atoms with Crippen LogP contribution < -0.4 is 4.90 Å². The summed E-state index contributed by atoms with van der Waals surface area (Å²) in [4.78, 5) is 20.4. The first-order chi connectivity index (χ1) is 15.7. The van der Waals surface area contributed by atoms with E-state index in [9.17, 15) is 4.79 Å². The Morgan fingerprint density at radius 2 is 1.85 bits per heavy atom. The Morgan fingerprint density at radius 1 is 1.06 bits per heavy atom. The van der Waals surface area contributed by atoms with Crippen molar-refractivity contribution in [2.24, 2.45) is 0 Å². The van der Waals surface area contributed by atoms with Gasteiger partial charge in [0.1, 0.15) is 0 Å². The number of hydrogen-bond acceptors (Lipinski definition) is 4. The van der Waals surface area contributed by atoms with Gasteiger partial charge in [0.25, 0.3) is 0 Å². The van der Waals surface area contributed by atoms with Crippen molar-refractivity contribution in [3.8, 4) is 0 Å². The summed E-state index contributed by atoms with van der Waals surface area (Å²) in [6.45, 7) is 13.7. The van der Waals surface area contributed by atoms with Crippen LogP contribution in [0.25, 0.3) is 10.2 Å². The van der Waals surface area contributed by atoms with Crippen molar-refractivity contribution < 1.29 is 4.79 Å². The standard InChI is InChI=1S/C27H32N4OS/c1-17(2)23-8-7-9-24-26(23)28-27(33-24)30(12-13-31-21(6)15-20(5)29-31)25(32)16-22-11-10-18(3)19(4)14-22/h7-11,14-15,17H,12-13,16H2,1-6H3. The van der Waals surface area contributed by atoms with Gasteiger partial charge < -0.3 is 0 Å². The number of aryl methyl sites for hydroxylation is 4. The van der Waals surface area contributed by atoms with Crippen molar-refractivity contribution in [2.45, 2.75) is 60.4 Å². The Labute approximate surface area is 200 Å². The van der Waals surface area contributed by atoms with Gasteiger partial charge in [-0.25, -0.2) is 4.98 Å². The van der Waals surface area contributed by atoms with Crippen molar-refractivity contribution in [1.82, 2.24) is 14.8 Å². The van der Waals surface area contributed by atoms with Crippen molar-refractivity contribution in [1.29, 1.82) is 0 Å². The molecule has 1 amide bonds. The van der Waals surface area contributed by atoms with Gasteiger partial charge in [0.05, 0.1) is 28.9 Å². The van der Waals surface area contributed by atoms with Crippen molar-refractivity contribution in [3.63, 3.8) is 0 Å². The molecule has 6 heteroatoms. The zero-order chi connectivity index (χ0) is 23.7. The molecule has 172 valence electrons. The number of para-hydroxylation sites is 1. The molecule has 2 aromatic heterocycles. The topological polar surface area (TPSA) is 51.0 Å². The molecule has 4 aromatic rings. The largest absolute Gasteiger partial charge is 0.286 e. The maximum Gasteiger partial charge on any atom is 0.233 e. The Bertz CT molecular complexity index is 1300. The van der Waals surface area contributed by atoms with Crippen LogP contribution in [0.1, 0.15) is 53.4 Å². The zero-order valence-corrected chi connectivity index (χ0v) is 21.2. The van der Waals surface area contributed by atoms with Crippen LogP contribution in [0.4, 0.5) is 5.13 Å². The molecule has 2 heterocycles. The fourth-order valence-corrected chi connectivity index (χ4v) is 5.19. The third-order valence-corrected chi connectivity index (χ3v) is 7.20. The molecular formula is C27H32N4OS. The van der Waals surface area contributed by atoms with Gasteiger partial charge in [0.15, 0.2) is 5.13 Å². The first kappa shape index (κ1) is 23.2. The molecule has 0 fully saturated rings. The Hall–Kier alpha value is -2.99. The molecule has 0 saturated heterocycles. The maximum absolute atomic E-state index is 13.6. The number of anilines is 1. The summed E-state index contributed by atoms with van der Waals surface area (Å²) in [6, 6.07) is 14.6. The number of nitrogens with zero attached hydrogens (tertiary/aromatic N) is 4. The Kier molecular flexibility index (Phi) is 6.66. The Morgan fingerprint density at radius 3 is 2.52 bits per heavy atom. The number of thiazole rings is 1. The Balaban J connectivity index is 1.68. The molecule has 0 aliphatic rings. The van der Waals surface area contributed by atoms with Crippen molar-refractivity contribution >= 4 is 32.6 Å². The van der Waals surface area contributed by atoms with E-state index in [4.69, 9.17) is 4.98 Å². The van der Waals surface area contributed by atoms with E-state index < -0.39 is 0 Å². The van der Waals surface area contributed by atoms with Crippen LogP contribution in [0.2, 0.25) is 0 Å². The second kappa shape index (κ2) is 9.48. The summed E-state index contributed by atoms with van der Waals surface area (Å²) in [6.07, 6.45) is 0.352. The molecule has 0 bridgehead atoms. The molecule has 0 atom stereocenters. The number of aromatic nitrogens is 3. The summed E-state index contributed by atoms with van der Waals surface area (Å²) in [5, 5.41) is 5.34. The van der Waals surface area contributed by atoms with Crippen LogP contribution >= 0.6 is 11.3 Å². The van der Waals surface area contributed by atoms with Crippen LogP contribution in [0.5, 0.6) is 0 Å². The number of carbonyl (C=O) groups excluding carboxylic acids is 1. The molecule has 0 saturated carbocycles. The number of rotatable bonds is 7. The van der Waals surface area contributed by atoms with E-state index in [2.05, 4.69) is 75.3 Å². The van der Waals surface area contributed by atoms with Gasteiger partial charge in [-0.15, -0.1) is 0 Å². The van der Waals surface area contributed by atoms with Gasteiger partial charge in [-0.3, -0.25) is 14.4 Å². The third-order valence-electron chi connectivity index (χ3n) is 6.16. The lowest BCUT2D eigenvalue weighted by Gasteiger charge is -2.20. The summed E-state index contributed by atoms with van der Waals surface area (Å²) in [5.41, 5.74) is 7.78. The highest BCUT2D eigenvalue weighted by molar-refractivity contribution is 7.22. The predicted octanol–water partition coefficient (Wildman–Crippen LogP) is 6.13. The predicted molar refractivity (Wildman–Crippen MR) is 137 cm³/mol. The van der Waals surface area contributed by atoms with Crippen LogP contribution in [0.15, 0.2) is 42.5 Å². The lowest BCUT2D eigenvalue weighted by molar-refractivity contribution is -0.118. The lowest BCUT2D eigenvalue weighted by atomic mass is 10.0. The van der Waals surface area contributed by atoms with Gasteiger partial charge in [-0.1, -0.05) is 55.5 Å². The van der Waals surface area contributed by atoms with Gasteiger partial charge in [0, 0.05) is 12.2 Å². The van der Waals surface area contributed by atoms with E-state index in [-0.39, 0.29) is 5.91 Å². The second-order valence-electron chi connectivity index (χ2n) is 9.14. The van der Waals surface area contributed by atoms with E-state index in [0.717, 1.165) is 32.3 Å². The van der Waals surface area contributed by atoms with Gasteiger partial charge >= 0.3 is 0 Å². The van der Waals surface area contributed by atoms with Crippen molar-refractivity contribution in [3.05, 3.63) is 76.1 Å². The van der Waals surface area contributed by atoms with E-state index in [0.29, 0.717) is 25.4 Å². The number of benzene rings is 2. The number of amides is 1. The monoisotopic (exact) mass is 460 g/mol. The number of fused-ring (bicyclic) bond motifs is 1. The average molecular weight is 461 g/mol. The zero-order valence-electron chi connectivity index (χ0n) is 20.3. The van der Waals surface area contributed by atoms with Crippen LogP contribution in [0, 0.1) is 27.7 Å². The molecular weight excluding hydrogens is 428 g/mol. The van der Waals surface area contributed by atoms with E-state index in [1.165, 1.54) is 16.7 Å². The first-order valence-corrected chi connectivity index (χ1v) is 12.3. The highest BCUT2D eigenvalue weighted by Gasteiger charge is 2.22. The molecule has 0 spiro atoms. The van der Waals surface area contributed by atoms with Gasteiger partial charge in [-0.05, 0) is 68.0 Å². The van der Waals surface area contributed by atoms with E-state index in [1.54, 1.807) is 11.3 Å². The van der Waals surface area contributed by atoms with Crippen molar-refractivity contribution in [2.75, 3.05) is 11.4 Å². The molecule has 0 aliphatic heterocycles. The van der Waals surface area contributed by atoms with Gasteiger partial charge in [0.2, 0.25) is 5.91 Å². The van der Waals surface area contributed by atoms with Crippen LogP contribution in [-0.2, 0) is 17.8 Å². The van der Waals surface area contributed by atoms with E-state index >= 15 is 0 Å². The fraction of sp³-hybridized carbons (Fsp3) is 0.370. The molecule has 0 aliphatic carbocycles. The maximum atomic E-state index is 13.6. The third kappa shape index (κ3) is 5.01. The molecule has 0 radical (unpaired) electrons. The fourth-order valence-electron chi connectivity index (χ4n) is 4.15. The smallest absolute Gasteiger partial charge is 0.233 e. The molecule has 4 rings (SSSR count). The van der Waals surface area contributed by atoms with Crippen LogP contribution in [-0.4, -0.2) is 27.2 Å². The molecule has 5 nitrogen and oxygen atoms in total. The van der Waals surface area contributed by atoms with E-state index in [1.807, 2.05) is 23.4 Å². The second-order valence-corrected chi connectivity index (χ2v) is 10.1. The lowest BCUT2D eigenvalue weighted by Crippen LogP contribution is -2.35. The number of hydrogen-bond donors (Lipinski definition) is 0. The minimum Gasteiger partial charge on any atom is -0.286 e. The minimum atomic E-state index is 0.0601. The molecule has 2 aromatic carbocycles. The quantitative estimate of drug-likeness (QED) is 0.333. The van der Waals surface area contributed by atoms with Gasteiger partial charge in [-0.2, -0.15) is 5.10 Å². The minimum absolute atomic E-state index is 0.0601. The molecule has 0 N–H and O–H groups in total. The number of carbonyl (C=O) groups is 1. The highest BCUT2D eigenvalue weighted by atomic mass is 32.1. The average Bonchev–Trinajstić information content (AvgIpc) is 3.32. The molecule has 33 heavy (non-hydrogen) atoms. The molecule has 0 unspecified atom stereocenters. The summed E-state index contributed by atoms with van der Waals surface area (Å²) in [5.74, 6) is 0.433. The first-order valence-electron chi connectivity index (χ1n) is 11.5. The summed E-state index contributed by atoms with van der Waals surface area (Å²) in [7, 11) is 0.